The van der Waals surface area contributed by atoms with Gasteiger partial charge in [-0.1, -0.05) is 6.92 Å². The number of hydrogen-bond acceptors (Lipinski definition) is 2. The number of carbonyl (C=O) groups is 1. The molecule has 0 bridgehead atoms. The molecule has 4 heteroatoms. The van der Waals surface area contributed by atoms with E-state index in [4.69, 9.17) is 10.2 Å². The summed E-state index contributed by atoms with van der Waals surface area (Å²) in [7, 11) is 0. The van der Waals surface area contributed by atoms with Crippen molar-refractivity contribution < 1.29 is 15.0 Å². The van der Waals surface area contributed by atoms with Gasteiger partial charge in [0.15, 0.2) is 6.10 Å². The van der Waals surface area contributed by atoms with Crippen LogP contribution in [0, 0.1) is 0 Å². The molecule has 0 aliphatic heterocycles. The third-order valence-electron chi connectivity index (χ3n) is 0.672. The van der Waals surface area contributed by atoms with E-state index in [0.717, 1.165) is 0 Å². The molecule has 0 saturated heterocycles. The van der Waals surface area contributed by atoms with Gasteiger partial charge < -0.3 is 10.2 Å². The minimum Gasteiger partial charge on any atom is -0.479 e. The molecule has 0 aromatic heterocycles. The second-order valence-electron chi connectivity index (χ2n) is 1.26. The van der Waals surface area contributed by atoms with Gasteiger partial charge in [0.05, 0.1) is 0 Å². The van der Waals surface area contributed by atoms with Crippen molar-refractivity contribution in [2.75, 3.05) is 0 Å². The molecule has 3 nitrogen and oxygen atoms in total. The molecule has 0 saturated carbocycles. The van der Waals surface area contributed by atoms with Crippen molar-refractivity contribution in [3.8, 4) is 0 Å². The zero-order valence-corrected chi connectivity index (χ0v) is 5.09. The number of aliphatic carboxylic acids is 1. The van der Waals surface area contributed by atoms with Gasteiger partial charge in [-0.05, 0) is 6.42 Å². The summed E-state index contributed by atoms with van der Waals surface area (Å²) in [6.07, 6.45) is -0.907. The summed E-state index contributed by atoms with van der Waals surface area (Å²) in [5.74, 6) is -1.15. The van der Waals surface area contributed by atoms with Crippen LogP contribution in [0.4, 0.5) is 0 Å². The number of rotatable bonds is 2. The van der Waals surface area contributed by atoms with Crippen LogP contribution in [0.2, 0.25) is 0 Å². The van der Waals surface area contributed by atoms with Gasteiger partial charge in [-0.3, -0.25) is 0 Å². The molecule has 0 aromatic carbocycles. The van der Waals surface area contributed by atoms with Gasteiger partial charge in [0.1, 0.15) is 0 Å². The number of carboxylic acid groups (broad SMARTS) is 1. The van der Waals surface area contributed by atoms with E-state index in [1.807, 2.05) is 0 Å². The maximum Gasteiger partial charge on any atom is 0.332 e. The normalized spacial score (nSPS) is 11.8. The van der Waals surface area contributed by atoms with Crippen LogP contribution in [-0.2, 0) is 4.79 Å². The van der Waals surface area contributed by atoms with Crippen molar-refractivity contribution in [1.29, 1.82) is 0 Å². The predicted octanol–water partition coefficient (Wildman–Crippen LogP) is -0.539. The average Bonchev–Trinajstić information content (AvgIpc) is 1.65. The summed E-state index contributed by atoms with van der Waals surface area (Å²) in [6.45, 7) is 1.61. The van der Waals surface area contributed by atoms with Gasteiger partial charge in [0, 0.05) is 18.9 Å². The Morgan fingerprint density at radius 3 is 2.12 bits per heavy atom. The summed E-state index contributed by atoms with van der Waals surface area (Å²) < 4.78 is 0. The molecule has 8 heavy (non-hydrogen) atoms. The van der Waals surface area contributed by atoms with Crippen molar-refractivity contribution in [3.63, 3.8) is 0 Å². The van der Waals surface area contributed by atoms with Crippen molar-refractivity contribution in [2.45, 2.75) is 19.4 Å². The first-order valence-corrected chi connectivity index (χ1v) is 2.09. The van der Waals surface area contributed by atoms with Gasteiger partial charge in [0.25, 0.3) is 0 Å². The quantitative estimate of drug-likeness (QED) is 0.470. The maximum absolute atomic E-state index is 9.68. The topological polar surface area (TPSA) is 57.5 Å². The summed E-state index contributed by atoms with van der Waals surface area (Å²) in [6, 6.07) is 0. The van der Waals surface area contributed by atoms with Crippen molar-refractivity contribution in [3.05, 3.63) is 0 Å². The molecule has 1 atom stereocenters. The van der Waals surface area contributed by atoms with E-state index in [2.05, 4.69) is 0 Å². The number of carboxylic acids is 1. The second-order valence-corrected chi connectivity index (χ2v) is 1.26. The molecule has 1 unspecified atom stereocenters. The Labute approximate surface area is 59.9 Å². The van der Waals surface area contributed by atoms with Gasteiger partial charge in [-0.15, -0.1) is 0 Å². The first-order valence-electron chi connectivity index (χ1n) is 2.09. The minimum absolute atomic E-state index is 0. The molecule has 0 aliphatic rings. The molecule has 0 heterocycles. The molecular weight excluding hydrogens is 103 g/mol. The first kappa shape index (κ1) is 10.9. The molecule has 0 fully saturated rings. The second kappa shape index (κ2) is 5.17. The monoisotopic (exact) mass is 111 g/mol. The fourth-order valence-corrected chi connectivity index (χ4v) is 0.175. The zero-order chi connectivity index (χ0) is 5.86. The zero-order valence-electron chi connectivity index (χ0n) is 5.09. The Bertz CT molecular complexity index is 73.7. The van der Waals surface area contributed by atoms with E-state index in [9.17, 15) is 4.79 Å². The SMILES string of the molecule is CCC(O)C(=O)O.[Li]. The van der Waals surface area contributed by atoms with Crippen LogP contribution < -0.4 is 0 Å². The van der Waals surface area contributed by atoms with Crippen LogP contribution >= 0.6 is 0 Å². The Morgan fingerprint density at radius 1 is 1.75 bits per heavy atom. The maximum atomic E-state index is 9.68. The molecule has 0 aromatic rings. The number of aliphatic hydroxyl groups excluding tert-OH is 1. The summed E-state index contributed by atoms with van der Waals surface area (Å²) in [5, 5.41) is 16.3. The predicted molar refractivity (Wildman–Crippen MR) is 29.7 cm³/mol. The third kappa shape index (κ3) is 4.19. The molecule has 1 radical (unpaired) electrons. The third-order valence-corrected chi connectivity index (χ3v) is 0.672. The summed E-state index contributed by atoms with van der Waals surface area (Å²) in [5.41, 5.74) is 0. The van der Waals surface area contributed by atoms with Crippen molar-refractivity contribution in [1.82, 2.24) is 0 Å². The Hall–Kier alpha value is 0.0274. The van der Waals surface area contributed by atoms with Crippen LogP contribution in [0.25, 0.3) is 0 Å². The van der Waals surface area contributed by atoms with E-state index in [0.29, 0.717) is 0 Å². The van der Waals surface area contributed by atoms with Crippen molar-refractivity contribution >= 4 is 24.8 Å². The average molecular weight is 111 g/mol. The Balaban J connectivity index is 0. The van der Waals surface area contributed by atoms with Crippen LogP contribution in [0.1, 0.15) is 13.3 Å². The van der Waals surface area contributed by atoms with Crippen LogP contribution in [0.5, 0.6) is 0 Å². The Kier molecular flexibility index (Phi) is 7.05. The van der Waals surface area contributed by atoms with E-state index < -0.39 is 12.1 Å². The van der Waals surface area contributed by atoms with Crippen LogP contribution in [0.3, 0.4) is 0 Å². The molecule has 0 spiro atoms. The summed E-state index contributed by atoms with van der Waals surface area (Å²) >= 11 is 0. The van der Waals surface area contributed by atoms with E-state index in [-0.39, 0.29) is 25.3 Å². The van der Waals surface area contributed by atoms with Crippen molar-refractivity contribution in [2.24, 2.45) is 0 Å². The molecule has 0 aliphatic carbocycles. The van der Waals surface area contributed by atoms with Gasteiger partial charge in [-0.25, -0.2) is 4.79 Å². The molecular formula is C4H8LiO3. The minimum atomic E-state index is -1.18. The van der Waals surface area contributed by atoms with E-state index in [1.54, 1.807) is 6.92 Å². The first-order chi connectivity index (χ1) is 3.18. The fraction of sp³-hybridized carbons (Fsp3) is 0.750. The van der Waals surface area contributed by atoms with Crippen LogP contribution in [-0.4, -0.2) is 41.1 Å². The van der Waals surface area contributed by atoms with Crippen LogP contribution in [0.15, 0.2) is 0 Å². The van der Waals surface area contributed by atoms with Gasteiger partial charge in [-0.2, -0.15) is 0 Å². The molecule has 43 valence electrons. The number of aliphatic hydroxyl groups is 1. The van der Waals surface area contributed by atoms with E-state index >= 15 is 0 Å². The standard InChI is InChI=1S/C4H8O3.Li/c1-2-3(5)4(6)7;/h3,5H,2H2,1H3,(H,6,7);. The summed E-state index contributed by atoms with van der Waals surface area (Å²) in [4.78, 5) is 9.68. The molecule has 0 rings (SSSR count). The van der Waals surface area contributed by atoms with Gasteiger partial charge in [0.2, 0.25) is 0 Å². The van der Waals surface area contributed by atoms with Gasteiger partial charge >= 0.3 is 5.97 Å². The van der Waals surface area contributed by atoms with E-state index in [1.165, 1.54) is 0 Å². The number of hydrogen-bond donors (Lipinski definition) is 2. The smallest absolute Gasteiger partial charge is 0.332 e. The molecule has 0 amide bonds. The fourth-order valence-electron chi connectivity index (χ4n) is 0.175. The Morgan fingerprint density at radius 2 is 2.12 bits per heavy atom. The largest absolute Gasteiger partial charge is 0.479 e. The molecule has 2 N–H and O–H groups in total.